The van der Waals surface area contributed by atoms with E-state index in [9.17, 15) is 4.79 Å². The van der Waals surface area contributed by atoms with Crippen molar-refractivity contribution < 1.29 is 9.90 Å². The van der Waals surface area contributed by atoms with E-state index in [1.54, 1.807) is 0 Å². The third-order valence-corrected chi connectivity index (χ3v) is 3.13. The zero-order valence-corrected chi connectivity index (χ0v) is 6.58. The number of rotatable bonds is 1. The van der Waals surface area contributed by atoms with Gasteiger partial charge in [-0.2, -0.15) is 0 Å². The zero-order valence-electron chi connectivity index (χ0n) is 6.58. The third kappa shape index (κ3) is 0.948. The second-order valence-electron chi connectivity index (χ2n) is 3.77. The number of piperidine rings is 2. The van der Waals surface area contributed by atoms with Crippen molar-refractivity contribution in [2.75, 3.05) is 0 Å². The van der Waals surface area contributed by atoms with Gasteiger partial charge in [-0.25, -0.2) is 0 Å². The molecule has 3 heteroatoms. The molecule has 2 atom stereocenters. The van der Waals surface area contributed by atoms with Gasteiger partial charge in [-0.15, -0.1) is 0 Å². The Kier molecular flexibility index (Phi) is 1.42. The molecule has 0 spiro atoms. The van der Waals surface area contributed by atoms with Crippen LogP contribution in [0.3, 0.4) is 0 Å². The average molecular weight is 155 g/mol. The second kappa shape index (κ2) is 2.21. The SMILES string of the molecule is CC1C2CC(C2)NC1C(=O)O. The highest BCUT2D eigenvalue weighted by Crippen LogP contribution is 2.40. The molecule has 11 heavy (non-hydrogen) atoms. The van der Waals surface area contributed by atoms with Crippen LogP contribution in [0.5, 0.6) is 0 Å². The van der Waals surface area contributed by atoms with E-state index in [1.807, 2.05) is 6.92 Å². The molecule has 0 aromatic heterocycles. The van der Waals surface area contributed by atoms with Gasteiger partial charge in [0.2, 0.25) is 0 Å². The maximum atomic E-state index is 10.7. The van der Waals surface area contributed by atoms with Crippen LogP contribution in [-0.4, -0.2) is 23.2 Å². The lowest BCUT2D eigenvalue weighted by molar-refractivity contribution is -0.145. The fourth-order valence-electron chi connectivity index (χ4n) is 2.20. The third-order valence-electron chi connectivity index (χ3n) is 3.13. The largest absolute Gasteiger partial charge is 0.480 e. The Balaban J connectivity index is 2.07. The number of hydrogen-bond acceptors (Lipinski definition) is 2. The minimum absolute atomic E-state index is 0.285. The summed E-state index contributed by atoms with van der Waals surface area (Å²) in [5.74, 6) is 0.298. The van der Waals surface area contributed by atoms with Crippen LogP contribution >= 0.6 is 0 Å². The van der Waals surface area contributed by atoms with Crippen molar-refractivity contribution in [3.63, 3.8) is 0 Å². The number of aliphatic carboxylic acids is 1. The molecule has 3 rings (SSSR count). The number of fused-ring (bicyclic) bond motifs is 2. The van der Waals surface area contributed by atoms with E-state index in [0.29, 0.717) is 17.9 Å². The molecular formula is C8H13NO2. The first-order valence-electron chi connectivity index (χ1n) is 4.17. The number of carboxylic acid groups (broad SMARTS) is 1. The van der Waals surface area contributed by atoms with E-state index in [-0.39, 0.29) is 6.04 Å². The molecule has 2 unspecified atom stereocenters. The van der Waals surface area contributed by atoms with Gasteiger partial charge < -0.3 is 10.4 Å². The van der Waals surface area contributed by atoms with E-state index < -0.39 is 5.97 Å². The summed E-state index contributed by atoms with van der Waals surface area (Å²) in [6.07, 6.45) is 2.37. The molecule has 1 aliphatic carbocycles. The van der Waals surface area contributed by atoms with Gasteiger partial charge in [0.1, 0.15) is 6.04 Å². The van der Waals surface area contributed by atoms with Crippen molar-refractivity contribution in [1.29, 1.82) is 0 Å². The lowest BCUT2D eigenvalue weighted by atomic mass is 9.66. The van der Waals surface area contributed by atoms with Crippen LogP contribution in [0.2, 0.25) is 0 Å². The van der Waals surface area contributed by atoms with Crippen LogP contribution in [0.25, 0.3) is 0 Å². The molecule has 0 radical (unpaired) electrons. The number of carboxylic acids is 1. The molecule has 2 heterocycles. The molecule has 0 aromatic carbocycles. The summed E-state index contributed by atoms with van der Waals surface area (Å²) in [6, 6.07) is 0.213. The summed E-state index contributed by atoms with van der Waals surface area (Å²) in [7, 11) is 0. The fraction of sp³-hybridized carbons (Fsp3) is 0.875. The van der Waals surface area contributed by atoms with Gasteiger partial charge >= 0.3 is 5.97 Å². The highest BCUT2D eigenvalue weighted by atomic mass is 16.4. The molecule has 2 bridgehead atoms. The Hall–Kier alpha value is -0.570. The topological polar surface area (TPSA) is 49.3 Å². The number of carbonyl (C=O) groups is 1. The second-order valence-corrected chi connectivity index (χ2v) is 3.77. The quantitative estimate of drug-likeness (QED) is 0.578. The number of hydrogen-bond donors (Lipinski definition) is 2. The summed E-state index contributed by atoms with van der Waals surface area (Å²) >= 11 is 0. The molecule has 3 fully saturated rings. The monoisotopic (exact) mass is 155 g/mol. The van der Waals surface area contributed by atoms with Crippen LogP contribution < -0.4 is 5.32 Å². The molecule has 1 saturated carbocycles. The Bertz CT molecular complexity index is 187. The maximum Gasteiger partial charge on any atom is 0.320 e. The Labute approximate surface area is 65.8 Å². The minimum atomic E-state index is -0.688. The van der Waals surface area contributed by atoms with Crippen LogP contribution in [-0.2, 0) is 4.79 Å². The Morgan fingerprint density at radius 2 is 2.18 bits per heavy atom. The molecule has 3 aliphatic rings. The van der Waals surface area contributed by atoms with Crippen molar-refractivity contribution in [1.82, 2.24) is 5.32 Å². The van der Waals surface area contributed by atoms with E-state index in [2.05, 4.69) is 5.32 Å². The molecule has 2 N–H and O–H groups in total. The maximum absolute atomic E-state index is 10.7. The lowest BCUT2D eigenvalue weighted by Crippen LogP contribution is -2.61. The molecule has 0 amide bonds. The van der Waals surface area contributed by atoms with E-state index in [1.165, 1.54) is 12.8 Å². The van der Waals surface area contributed by atoms with Crippen LogP contribution in [0.1, 0.15) is 19.8 Å². The number of nitrogens with one attached hydrogen (secondary N) is 1. The van der Waals surface area contributed by atoms with Crippen LogP contribution in [0, 0.1) is 11.8 Å². The van der Waals surface area contributed by atoms with Crippen molar-refractivity contribution in [2.24, 2.45) is 11.8 Å². The first-order valence-corrected chi connectivity index (χ1v) is 4.17. The standard InChI is InChI=1S/C8H13NO2/c1-4-5-2-6(3-5)9-7(4)8(10)11/h4-7,9H,2-3H2,1H3,(H,10,11). The van der Waals surface area contributed by atoms with E-state index in [0.717, 1.165) is 0 Å². The molecule has 62 valence electrons. The molecule has 3 nitrogen and oxygen atoms in total. The summed E-state index contributed by atoms with van der Waals surface area (Å²) in [5.41, 5.74) is 0. The van der Waals surface area contributed by atoms with Crippen molar-refractivity contribution in [3.05, 3.63) is 0 Å². The lowest BCUT2D eigenvalue weighted by Gasteiger charge is -2.49. The molecule has 2 aliphatic heterocycles. The van der Waals surface area contributed by atoms with Gasteiger partial charge in [-0.1, -0.05) is 6.92 Å². The van der Waals surface area contributed by atoms with Gasteiger partial charge in [-0.05, 0) is 24.7 Å². The van der Waals surface area contributed by atoms with Crippen LogP contribution in [0.4, 0.5) is 0 Å². The molecule has 0 aromatic rings. The molecular weight excluding hydrogens is 142 g/mol. The fourth-order valence-corrected chi connectivity index (χ4v) is 2.20. The van der Waals surface area contributed by atoms with Gasteiger partial charge in [0.25, 0.3) is 0 Å². The summed E-state index contributed by atoms with van der Waals surface area (Å²) in [5, 5.41) is 11.9. The Morgan fingerprint density at radius 3 is 2.55 bits per heavy atom. The highest BCUT2D eigenvalue weighted by Gasteiger charge is 2.45. The van der Waals surface area contributed by atoms with Crippen molar-refractivity contribution in [2.45, 2.75) is 31.8 Å². The van der Waals surface area contributed by atoms with Crippen molar-refractivity contribution in [3.8, 4) is 0 Å². The molecule has 2 saturated heterocycles. The van der Waals surface area contributed by atoms with E-state index >= 15 is 0 Å². The summed E-state index contributed by atoms with van der Waals surface area (Å²) < 4.78 is 0. The van der Waals surface area contributed by atoms with Crippen molar-refractivity contribution >= 4 is 5.97 Å². The predicted molar refractivity (Wildman–Crippen MR) is 40.2 cm³/mol. The average Bonchev–Trinajstić information content (AvgIpc) is 1.84. The van der Waals surface area contributed by atoms with E-state index in [4.69, 9.17) is 5.11 Å². The van der Waals surface area contributed by atoms with Gasteiger partial charge in [0.05, 0.1) is 0 Å². The first-order chi connectivity index (χ1) is 5.18. The summed E-state index contributed by atoms with van der Waals surface area (Å²) in [4.78, 5) is 10.7. The predicted octanol–water partition coefficient (Wildman–Crippen LogP) is 0.457. The van der Waals surface area contributed by atoms with Crippen LogP contribution in [0.15, 0.2) is 0 Å². The van der Waals surface area contributed by atoms with Gasteiger partial charge in [0, 0.05) is 6.04 Å². The minimum Gasteiger partial charge on any atom is -0.480 e. The van der Waals surface area contributed by atoms with Gasteiger partial charge in [-0.3, -0.25) is 4.79 Å². The summed E-state index contributed by atoms with van der Waals surface area (Å²) in [6.45, 7) is 2.03. The zero-order chi connectivity index (χ0) is 8.01. The normalized spacial score (nSPS) is 48.1. The van der Waals surface area contributed by atoms with Gasteiger partial charge in [0.15, 0.2) is 0 Å². The highest BCUT2D eigenvalue weighted by molar-refractivity contribution is 5.74. The first kappa shape index (κ1) is 7.10. The smallest absolute Gasteiger partial charge is 0.320 e. The Morgan fingerprint density at radius 1 is 1.55 bits per heavy atom.